The highest BCUT2D eigenvalue weighted by Crippen LogP contribution is 2.99. The smallest absolute Gasteiger partial charge is 0.258 e. The van der Waals surface area contributed by atoms with Gasteiger partial charge in [-0.1, -0.05) is 0 Å². The van der Waals surface area contributed by atoms with Gasteiger partial charge in [0.2, 0.25) is 0 Å². The van der Waals surface area contributed by atoms with Crippen LogP contribution in [0.4, 0.5) is 0 Å². The van der Waals surface area contributed by atoms with Crippen molar-refractivity contribution in [1.82, 2.24) is 0 Å². The molecule has 14 heavy (non-hydrogen) atoms. The Labute approximate surface area is 77.3 Å². The molecule has 0 radical (unpaired) electrons. The van der Waals surface area contributed by atoms with Crippen LogP contribution in [0.25, 0.3) is 0 Å². The van der Waals surface area contributed by atoms with Gasteiger partial charge in [-0.2, -0.15) is 4.31 Å². The lowest BCUT2D eigenvalue weighted by Crippen LogP contribution is -2.21. The molecule has 4 rings (SSSR count). The average molecular weight is 282 g/mol. The predicted molar refractivity (Wildman–Crippen MR) is 40.7 cm³/mol. The van der Waals surface area contributed by atoms with E-state index in [1.807, 2.05) is 0 Å². The molecule has 9 nitrogen and oxygen atoms in total. The molecule has 4 aliphatic heterocycles. The van der Waals surface area contributed by atoms with Crippen LogP contribution in [0.1, 0.15) is 0 Å². The first-order chi connectivity index (χ1) is 6.24. The van der Waals surface area contributed by atoms with Crippen LogP contribution in [0, 0.1) is 0 Å². The molecule has 0 amide bonds. The highest BCUT2D eigenvalue weighted by Gasteiger charge is 2.72. The number of rotatable bonds is 0. The van der Waals surface area contributed by atoms with Crippen molar-refractivity contribution in [1.29, 1.82) is 0 Å². The summed E-state index contributed by atoms with van der Waals surface area (Å²) in [6.07, 6.45) is 0. The standard InChI is InChI=1S/CH2O9P4/c2-11-1-12(3)8-13(4,6-11)10-14(5,7-11)9-12/h1H2. The molecule has 0 aliphatic carbocycles. The zero-order valence-corrected chi connectivity index (χ0v) is 9.75. The summed E-state index contributed by atoms with van der Waals surface area (Å²) in [4.78, 5) is 0. The molecule has 4 fully saturated rings. The van der Waals surface area contributed by atoms with Crippen LogP contribution in [0.5, 0.6) is 0 Å². The van der Waals surface area contributed by atoms with Gasteiger partial charge in [-0.15, -0.1) is 0 Å². The lowest BCUT2D eigenvalue weighted by Gasteiger charge is -2.43. The van der Waals surface area contributed by atoms with E-state index in [1.54, 1.807) is 0 Å². The normalized spacial score (nSPS) is 65.7. The number of phosphoric acid groups is 2. The summed E-state index contributed by atoms with van der Waals surface area (Å²) in [6, 6.07) is 0. The maximum atomic E-state index is 11.5. The lowest BCUT2D eigenvalue weighted by molar-refractivity contribution is 0.155. The van der Waals surface area contributed by atoms with Gasteiger partial charge in [-0.3, -0.25) is 9.13 Å². The van der Waals surface area contributed by atoms with Crippen LogP contribution in [0.2, 0.25) is 0 Å². The molecule has 4 aliphatic rings. The van der Waals surface area contributed by atoms with E-state index in [4.69, 9.17) is 0 Å². The molecule has 80 valence electrons. The van der Waals surface area contributed by atoms with E-state index in [0.717, 1.165) is 0 Å². The van der Waals surface area contributed by atoms with E-state index in [-0.39, 0.29) is 0 Å². The maximum absolute atomic E-state index is 11.5. The average Bonchev–Trinajstić information content (AvgIpc) is 1.67. The van der Waals surface area contributed by atoms with E-state index < -0.39 is 36.7 Å². The van der Waals surface area contributed by atoms with E-state index in [1.165, 1.54) is 0 Å². The summed E-state index contributed by atoms with van der Waals surface area (Å²) in [7, 11) is -16.5. The monoisotopic (exact) mass is 282 g/mol. The highest BCUT2D eigenvalue weighted by atomic mass is 31.4. The third-order valence-corrected chi connectivity index (χ3v) is 13.0. The highest BCUT2D eigenvalue weighted by molar-refractivity contribution is 7.92. The van der Waals surface area contributed by atoms with Gasteiger partial charge in [0.15, 0.2) is 5.90 Å². The molecule has 4 saturated heterocycles. The number of hydrogen-bond donors (Lipinski definition) is 0. The van der Waals surface area contributed by atoms with Gasteiger partial charge >= 0.3 is 30.8 Å². The molecule has 0 aromatic rings. The van der Waals surface area contributed by atoms with Gasteiger partial charge in [-0.05, 0) is 0 Å². The summed E-state index contributed by atoms with van der Waals surface area (Å²) in [5.74, 6) is -0.697. The van der Waals surface area contributed by atoms with Crippen molar-refractivity contribution in [2.75, 3.05) is 5.90 Å². The van der Waals surface area contributed by atoms with Crippen molar-refractivity contribution in [3.05, 3.63) is 0 Å². The van der Waals surface area contributed by atoms with Gasteiger partial charge in [0.25, 0.3) is 0 Å². The Hall–Kier alpha value is 0.720. The molecule has 0 atom stereocenters. The molecule has 13 heteroatoms. The van der Waals surface area contributed by atoms with Crippen molar-refractivity contribution in [2.24, 2.45) is 0 Å². The Bertz CT molecular complexity index is 348. The van der Waals surface area contributed by atoms with E-state index in [2.05, 4.69) is 21.6 Å². The van der Waals surface area contributed by atoms with Crippen LogP contribution < -0.4 is 0 Å². The van der Waals surface area contributed by atoms with E-state index in [9.17, 15) is 18.3 Å². The van der Waals surface area contributed by atoms with Gasteiger partial charge < -0.3 is 0 Å². The predicted octanol–water partition coefficient (Wildman–Crippen LogP) is 2.67. The van der Waals surface area contributed by atoms with Crippen LogP contribution in [-0.4, -0.2) is 5.90 Å². The molecule has 0 unspecified atom stereocenters. The fraction of sp³-hybridized carbons (Fsp3) is 1.00. The lowest BCUT2D eigenvalue weighted by atomic mass is 11.9. The SMILES string of the molecule is O=P12CP3(=O)OP(=O)(O1)OP(=O)(O2)O3. The minimum absolute atomic E-state index is 0.697. The second-order valence-corrected chi connectivity index (χ2v) is 11.3. The van der Waals surface area contributed by atoms with Crippen LogP contribution in [0.3, 0.4) is 0 Å². The molecule has 0 N–H and O–H groups in total. The van der Waals surface area contributed by atoms with Crippen LogP contribution in [0.15, 0.2) is 0 Å². The van der Waals surface area contributed by atoms with E-state index >= 15 is 0 Å². The third kappa shape index (κ3) is 1.30. The van der Waals surface area contributed by atoms with Crippen molar-refractivity contribution in [2.45, 2.75) is 0 Å². The van der Waals surface area contributed by atoms with E-state index in [0.29, 0.717) is 0 Å². The van der Waals surface area contributed by atoms with Gasteiger partial charge in [-0.25, -0.2) is 26.4 Å². The second-order valence-electron chi connectivity index (χ2n) is 2.67. The molecule has 4 bridgehead atoms. The minimum Gasteiger partial charge on any atom is -0.258 e. The van der Waals surface area contributed by atoms with Crippen molar-refractivity contribution in [3.63, 3.8) is 0 Å². The minimum atomic E-state index is -4.31. The Morgan fingerprint density at radius 1 is 0.643 bits per heavy atom. The zero-order chi connectivity index (χ0) is 10.2. The van der Waals surface area contributed by atoms with Crippen LogP contribution >= 0.6 is 30.8 Å². The summed E-state index contributed by atoms with van der Waals surface area (Å²) >= 11 is 0. The first-order valence-electron chi connectivity index (χ1n) is 3.19. The van der Waals surface area contributed by atoms with Crippen molar-refractivity contribution < 1.29 is 39.8 Å². The first kappa shape index (κ1) is 9.91. The molecule has 4 heterocycles. The number of hydrogen-bond acceptors (Lipinski definition) is 9. The molecular formula is CH2O9P4. The molecular weight excluding hydrogens is 280 g/mol. The fourth-order valence-corrected chi connectivity index (χ4v) is 14.5. The fourth-order valence-electron chi connectivity index (χ4n) is 1.17. The molecule has 0 saturated carbocycles. The van der Waals surface area contributed by atoms with Crippen LogP contribution in [-0.2, 0) is 39.8 Å². The Balaban J connectivity index is 2.27. The zero-order valence-electron chi connectivity index (χ0n) is 6.17. The first-order valence-corrected chi connectivity index (χ1v) is 9.57. The third-order valence-electron chi connectivity index (χ3n) is 1.44. The van der Waals surface area contributed by atoms with Crippen molar-refractivity contribution >= 4 is 30.8 Å². The van der Waals surface area contributed by atoms with Crippen molar-refractivity contribution in [3.8, 4) is 0 Å². The Morgan fingerprint density at radius 3 is 1.29 bits per heavy atom. The molecule has 0 spiro atoms. The van der Waals surface area contributed by atoms with Gasteiger partial charge in [0.1, 0.15) is 0 Å². The summed E-state index contributed by atoms with van der Waals surface area (Å²) < 4.78 is 67.4. The van der Waals surface area contributed by atoms with Gasteiger partial charge in [0.05, 0.1) is 0 Å². The Kier molecular flexibility index (Phi) is 1.67. The Morgan fingerprint density at radius 2 is 1.00 bits per heavy atom. The second kappa shape index (κ2) is 2.35. The molecule has 0 aromatic carbocycles. The van der Waals surface area contributed by atoms with Gasteiger partial charge in [0, 0.05) is 0 Å². The maximum Gasteiger partial charge on any atom is 0.498 e. The quantitative estimate of drug-likeness (QED) is 0.618. The summed E-state index contributed by atoms with van der Waals surface area (Å²) in [5, 5.41) is 0. The topological polar surface area (TPSA) is 114 Å². The summed E-state index contributed by atoms with van der Waals surface area (Å²) in [6.45, 7) is 0. The molecule has 0 aromatic heterocycles. The largest absolute Gasteiger partial charge is 0.498 e. The summed E-state index contributed by atoms with van der Waals surface area (Å²) in [5.41, 5.74) is 0.